The second kappa shape index (κ2) is 25.9. The van der Waals surface area contributed by atoms with E-state index in [9.17, 15) is 24.3 Å². The summed E-state index contributed by atoms with van der Waals surface area (Å²) < 4.78 is 17.2. The maximum Gasteiger partial charge on any atom is 0.312 e. The van der Waals surface area contributed by atoms with Gasteiger partial charge in [-0.3, -0.25) is 19.2 Å². The van der Waals surface area contributed by atoms with Crippen molar-refractivity contribution in [2.45, 2.75) is 228 Å². The van der Waals surface area contributed by atoms with E-state index in [-0.39, 0.29) is 24.9 Å². The number of carboxylic acid groups (broad SMARTS) is 1. The van der Waals surface area contributed by atoms with E-state index in [2.05, 4.69) is 6.92 Å². The Morgan fingerprint density at radius 2 is 0.981 bits per heavy atom. The van der Waals surface area contributed by atoms with E-state index in [0.29, 0.717) is 32.3 Å². The van der Waals surface area contributed by atoms with Crippen molar-refractivity contribution >= 4 is 23.9 Å². The molecule has 4 unspecified atom stereocenters. The zero-order valence-electron chi connectivity index (χ0n) is 35.7. The number of esters is 3. The summed E-state index contributed by atoms with van der Waals surface area (Å²) in [5.74, 6) is -2.20. The highest BCUT2D eigenvalue weighted by Crippen LogP contribution is 2.48. The lowest BCUT2D eigenvalue weighted by Crippen LogP contribution is -2.45. The van der Waals surface area contributed by atoms with E-state index in [1.807, 2.05) is 13.8 Å². The van der Waals surface area contributed by atoms with Crippen LogP contribution in [-0.2, 0) is 33.4 Å². The van der Waals surface area contributed by atoms with Crippen LogP contribution in [0.3, 0.4) is 0 Å². The van der Waals surface area contributed by atoms with Gasteiger partial charge in [0.25, 0.3) is 0 Å². The van der Waals surface area contributed by atoms with E-state index in [1.165, 1.54) is 90.6 Å². The Morgan fingerprint density at radius 1 is 0.547 bits per heavy atom. The van der Waals surface area contributed by atoms with Crippen LogP contribution in [0.2, 0.25) is 0 Å². The van der Waals surface area contributed by atoms with Crippen LogP contribution < -0.4 is 0 Å². The van der Waals surface area contributed by atoms with Gasteiger partial charge in [0.1, 0.15) is 6.10 Å². The number of carboxylic acids is 1. The molecule has 0 bridgehead atoms. The third-order valence-corrected chi connectivity index (χ3v) is 12.6. The summed E-state index contributed by atoms with van der Waals surface area (Å²) in [6.07, 6.45) is 26.7. The summed E-state index contributed by atoms with van der Waals surface area (Å²) in [4.78, 5) is 53.4. The molecular weight excluding hydrogens is 668 g/mol. The molecule has 0 aromatic heterocycles. The van der Waals surface area contributed by atoms with Crippen LogP contribution in [0, 0.1) is 21.7 Å². The first-order chi connectivity index (χ1) is 25.1. The first-order valence-electron chi connectivity index (χ1n) is 21.9. The zero-order chi connectivity index (χ0) is 39.8. The average Bonchev–Trinajstić information content (AvgIpc) is 3.14. The molecule has 1 aliphatic carbocycles. The van der Waals surface area contributed by atoms with Crippen LogP contribution in [0.4, 0.5) is 0 Å². The van der Waals surface area contributed by atoms with Gasteiger partial charge in [0.05, 0.1) is 35.4 Å². The molecule has 0 aromatic rings. The zero-order valence-corrected chi connectivity index (χ0v) is 35.7. The predicted octanol–water partition coefficient (Wildman–Crippen LogP) is 12.3. The van der Waals surface area contributed by atoms with Crippen molar-refractivity contribution in [2.75, 3.05) is 13.7 Å². The molecule has 0 amide bonds. The van der Waals surface area contributed by atoms with Crippen molar-refractivity contribution in [3.8, 4) is 0 Å². The smallest absolute Gasteiger partial charge is 0.312 e. The van der Waals surface area contributed by atoms with Crippen molar-refractivity contribution in [1.82, 2.24) is 0 Å². The molecule has 1 N–H and O–H groups in total. The largest absolute Gasteiger partial charge is 0.481 e. The first kappa shape index (κ1) is 48.9. The summed E-state index contributed by atoms with van der Waals surface area (Å²) in [7, 11) is 1.30. The van der Waals surface area contributed by atoms with Crippen molar-refractivity contribution < 1.29 is 38.5 Å². The molecular formula is C45H82O8. The highest BCUT2D eigenvalue weighted by Gasteiger charge is 2.51. The van der Waals surface area contributed by atoms with Gasteiger partial charge in [-0.1, -0.05) is 124 Å². The summed E-state index contributed by atoms with van der Waals surface area (Å²) in [6.45, 7) is 13.5. The lowest BCUT2D eigenvalue weighted by Gasteiger charge is -2.41. The second-order valence-corrected chi connectivity index (χ2v) is 17.7. The molecule has 1 saturated carbocycles. The number of methoxy groups -OCH3 is 1. The summed E-state index contributed by atoms with van der Waals surface area (Å²) in [5, 5.41) is 10.1. The van der Waals surface area contributed by atoms with Gasteiger partial charge in [0.2, 0.25) is 0 Å². The van der Waals surface area contributed by atoms with Gasteiger partial charge < -0.3 is 19.3 Å². The van der Waals surface area contributed by atoms with E-state index >= 15 is 0 Å². The minimum atomic E-state index is -1.27. The Bertz CT molecular complexity index is 1050. The second-order valence-electron chi connectivity index (χ2n) is 17.7. The van der Waals surface area contributed by atoms with Gasteiger partial charge in [-0.05, 0) is 98.3 Å². The van der Waals surface area contributed by atoms with Gasteiger partial charge in [-0.25, -0.2) is 0 Å². The van der Waals surface area contributed by atoms with Crippen LogP contribution >= 0.6 is 0 Å². The van der Waals surface area contributed by atoms with Crippen molar-refractivity contribution in [3.63, 3.8) is 0 Å². The molecule has 53 heavy (non-hydrogen) atoms. The Kier molecular flexibility index (Phi) is 23.9. The van der Waals surface area contributed by atoms with Crippen LogP contribution in [-0.4, -0.2) is 48.8 Å². The topological polar surface area (TPSA) is 116 Å². The van der Waals surface area contributed by atoms with E-state index in [0.717, 1.165) is 51.4 Å². The molecule has 0 heterocycles. The summed E-state index contributed by atoms with van der Waals surface area (Å²) >= 11 is 0. The standard InChI is InChI=1S/C45H82O8/c1-9-12-13-14-15-16-17-18-19-20-21-22-23-24-25-29-34-52-40(49)42(4,10-2)32-33-44(6,41(50)53-37-30-27-26-28-31-37)36-45(7,39(48)51-8)35-43(5,11-3)38(46)47/h37H,9-36H2,1-8H3,(H,46,47). The number of aliphatic carboxylic acids is 1. The van der Waals surface area contributed by atoms with Crippen molar-refractivity contribution in [1.29, 1.82) is 0 Å². The minimum Gasteiger partial charge on any atom is -0.481 e. The first-order valence-corrected chi connectivity index (χ1v) is 21.9. The van der Waals surface area contributed by atoms with E-state index in [1.54, 1.807) is 27.7 Å². The molecule has 0 aliphatic heterocycles. The highest BCUT2D eigenvalue weighted by molar-refractivity contribution is 5.82. The molecule has 4 atom stereocenters. The number of rotatable bonds is 31. The molecule has 0 spiro atoms. The molecule has 8 nitrogen and oxygen atoms in total. The number of hydrogen-bond donors (Lipinski definition) is 1. The lowest BCUT2D eigenvalue weighted by atomic mass is 9.62. The van der Waals surface area contributed by atoms with Gasteiger partial charge >= 0.3 is 23.9 Å². The Morgan fingerprint density at radius 3 is 1.42 bits per heavy atom. The lowest BCUT2D eigenvalue weighted by molar-refractivity contribution is -0.172. The number of unbranched alkanes of at least 4 members (excludes halogenated alkanes) is 15. The fourth-order valence-electron chi connectivity index (χ4n) is 8.23. The maximum absolute atomic E-state index is 14.1. The highest BCUT2D eigenvalue weighted by atomic mass is 16.5. The van der Waals surface area contributed by atoms with Gasteiger partial charge in [0, 0.05) is 0 Å². The summed E-state index contributed by atoms with van der Waals surface area (Å²) in [5.41, 5.74) is -4.43. The molecule has 0 radical (unpaired) electrons. The Balaban J connectivity index is 2.74. The minimum absolute atomic E-state index is 0.0111. The Labute approximate surface area is 325 Å². The van der Waals surface area contributed by atoms with E-state index in [4.69, 9.17) is 14.2 Å². The third kappa shape index (κ3) is 17.9. The van der Waals surface area contributed by atoms with Crippen LogP contribution in [0.1, 0.15) is 222 Å². The molecule has 0 saturated heterocycles. The van der Waals surface area contributed by atoms with Gasteiger partial charge in [-0.2, -0.15) is 0 Å². The number of ether oxygens (including phenoxy) is 3. The van der Waals surface area contributed by atoms with Gasteiger partial charge in [0.15, 0.2) is 0 Å². The predicted molar refractivity (Wildman–Crippen MR) is 215 cm³/mol. The van der Waals surface area contributed by atoms with Crippen LogP contribution in [0.5, 0.6) is 0 Å². The number of hydrogen-bond acceptors (Lipinski definition) is 7. The molecule has 310 valence electrons. The number of carbonyl (C=O) groups is 4. The maximum atomic E-state index is 14.1. The fraction of sp³-hybridized carbons (Fsp3) is 0.911. The van der Waals surface area contributed by atoms with Gasteiger partial charge in [-0.15, -0.1) is 0 Å². The van der Waals surface area contributed by atoms with Crippen molar-refractivity contribution in [2.24, 2.45) is 21.7 Å². The quantitative estimate of drug-likeness (QED) is 0.0423. The SMILES string of the molecule is CCCCCCCCCCCCCCCCCCOC(=O)C(C)(CC)CCC(C)(CC(C)(CC(C)(CC)C(=O)O)C(=O)OC)C(=O)OC1CCCCC1. The Hall–Kier alpha value is -2.12. The molecule has 0 aromatic carbocycles. The monoisotopic (exact) mass is 751 g/mol. The van der Waals surface area contributed by atoms with Crippen LogP contribution in [0.15, 0.2) is 0 Å². The normalized spacial score (nSPS) is 18.2. The van der Waals surface area contributed by atoms with Crippen molar-refractivity contribution in [3.05, 3.63) is 0 Å². The fourth-order valence-corrected chi connectivity index (χ4v) is 8.23. The molecule has 1 aliphatic rings. The molecule has 8 heteroatoms. The summed E-state index contributed by atoms with van der Waals surface area (Å²) in [6, 6.07) is 0. The molecule has 1 fully saturated rings. The van der Waals surface area contributed by atoms with Crippen LogP contribution in [0.25, 0.3) is 0 Å². The third-order valence-electron chi connectivity index (χ3n) is 12.6. The van der Waals surface area contributed by atoms with E-state index < -0.39 is 39.6 Å². The number of carbonyl (C=O) groups excluding carboxylic acids is 3. The molecule has 1 rings (SSSR count). The average molecular weight is 751 g/mol.